The van der Waals surface area contributed by atoms with Crippen LogP contribution in [0.5, 0.6) is 5.75 Å². The van der Waals surface area contributed by atoms with Crippen LogP contribution in [-0.4, -0.2) is 34.6 Å². The smallest absolute Gasteiger partial charge is 0.250 e. The Bertz CT molecular complexity index is 838. The number of rotatable bonds is 4. The van der Waals surface area contributed by atoms with Crippen LogP contribution in [0.1, 0.15) is 18.4 Å². The molecule has 0 radical (unpaired) electrons. The van der Waals surface area contributed by atoms with Gasteiger partial charge in [0.1, 0.15) is 23.5 Å². The van der Waals surface area contributed by atoms with Crippen molar-refractivity contribution in [2.24, 2.45) is 7.05 Å². The Hall–Kier alpha value is -2.70. The van der Waals surface area contributed by atoms with Crippen LogP contribution in [0.15, 0.2) is 41.3 Å². The second-order valence-corrected chi connectivity index (χ2v) is 6.47. The number of ether oxygens (including phenoxy) is 1. The molecule has 5 nitrogen and oxygen atoms in total. The fourth-order valence-electron chi connectivity index (χ4n) is 3.05. The minimum Gasteiger partial charge on any atom is -0.490 e. The molecule has 26 heavy (non-hydrogen) atoms. The zero-order chi connectivity index (χ0) is 18.7. The monoisotopic (exact) mass is 362 g/mol. The first-order valence-electron chi connectivity index (χ1n) is 8.47. The van der Waals surface area contributed by atoms with Crippen LogP contribution in [0.2, 0.25) is 0 Å². The zero-order valence-corrected chi connectivity index (χ0v) is 14.5. The molecule has 1 saturated heterocycles. The van der Waals surface area contributed by atoms with Gasteiger partial charge in [-0.2, -0.15) is 0 Å². The zero-order valence-electron chi connectivity index (χ0n) is 14.5. The number of hydrogen-bond acceptors (Lipinski definition) is 3. The number of likely N-dealkylation sites (tertiary alicyclic amines) is 1. The Balaban J connectivity index is 1.53. The molecule has 0 spiro atoms. The molecular weight excluding hydrogens is 342 g/mol. The summed E-state index contributed by atoms with van der Waals surface area (Å²) in [6.45, 7) is 1.04. The van der Waals surface area contributed by atoms with Gasteiger partial charge < -0.3 is 14.2 Å². The molecule has 0 bridgehead atoms. The van der Waals surface area contributed by atoms with Gasteiger partial charge in [0.05, 0.1) is 6.42 Å². The fourth-order valence-corrected chi connectivity index (χ4v) is 3.05. The molecule has 1 fully saturated rings. The van der Waals surface area contributed by atoms with Gasteiger partial charge in [-0.05, 0) is 5.56 Å². The van der Waals surface area contributed by atoms with E-state index in [-0.39, 0.29) is 29.7 Å². The molecule has 2 heterocycles. The lowest BCUT2D eigenvalue weighted by molar-refractivity contribution is -0.132. The second kappa shape index (κ2) is 7.68. The predicted octanol–water partition coefficient (Wildman–Crippen LogP) is 2.28. The first-order valence-corrected chi connectivity index (χ1v) is 8.47. The number of carbonyl (C=O) groups excluding carboxylic acids is 1. The summed E-state index contributed by atoms with van der Waals surface area (Å²) in [4.78, 5) is 25.6. The van der Waals surface area contributed by atoms with E-state index in [9.17, 15) is 18.4 Å². The SMILES string of the molecule is Cn1cc(CC(=O)N2CCC(Oc3cc(F)cc(F)c3)CC2)ccc1=O. The van der Waals surface area contributed by atoms with Crippen LogP contribution in [0.25, 0.3) is 0 Å². The largest absolute Gasteiger partial charge is 0.490 e. The van der Waals surface area contributed by atoms with E-state index >= 15 is 0 Å². The van der Waals surface area contributed by atoms with Crippen molar-refractivity contribution < 1.29 is 18.3 Å². The quantitative estimate of drug-likeness (QED) is 0.839. The molecule has 1 aliphatic rings. The maximum Gasteiger partial charge on any atom is 0.250 e. The molecule has 0 atom stereocenters. The van der Waals surface area contributed by atoms with E-state index in [4.69, 9.17) is 4.74 Å². The molecule has 0 saturated carbocycles. The van der Waals surface area contributed by atoms with Crippen LogP contribution in [0.4, 0.5) is 8.78 Å². The molecule has 138 valence electrons. The Morgan fingerprint density at radius 2 is 1.81 bits per heavy atom. The first-order chi connectivity index (χ1) is 12.4. The first kappa shape index (κ1) is 18.1. The van der Waals surface area contributed by atoms with Gasteiger partial charge in [0.15, 0.2) is 0 Å². The third-order valence-electron chi connectivity index (χ3n) is 4.44. The van der Waals surface area contributed by atoms with Crippen LogP contribution in [0.3, 0.4) is 0 Å². The number of amides is 1. The number of aryl methyl sites for hydroxylation is 1. The molecule has 2 aromatic rings. The highest BCUT2D eigenvalue weighted by molar-refractivity contribution is 5.78. The summed E-state index contributed by atoms with van der Waals surface area (Å²) < 4.78 is 33.5. The number of piperidine rings is 1. The number of halogens is 2. The van der Waals surface area contributed by atoms with Gasteiger partial charge in [-0.25, -0.2) is 8.78 Å². The van der Waals surface area contributed by atoms with Crippen LogP contribution >= 0.6 is 0 Å². The maximum atomic E-state index is 13.2. The van der Waals surface area contributed by atoms with Gasteiger partial charge in [0, 0.05) is 63.4 Å². The third-order valence-corrected chi connectivity index (χ3v) is 4.44. The van der Waals surface area contributed by atoms with Gasteiger partial charge in [0.25, 0.3) is 0 Å². The molecule has 1 amide bonds. The van der Waals surface area contributed by atoms with E-state index in [0.717, 1.165) is 23.8 Å². The average Bonchev–Trinajstić information content (AvgIpc) is 2.58. The molecule has 0 N–H and O–H groups in total. The summed E-state index contributed by atoms with van der Waals surface area (Å²) >= 11 is 0. The fraction of sp³-hybridized carbons (Fsp3) is 0.368. The molecule has 1 aromatic carbocycles. The Morgan fingerprint density at radius 1 is 1.15 bits per heavy atom. The number of pyridine rings is 1. The normalized spacial score (nSPS) is 15.1. The topological polar surface area (TPSA) is 51.5 Å². The van der Waals surface area contributed by atoms with Gasteiger partial charge in [-0.1, -0.05) is 6.07 Å². The minimum absolute atomic E-state index is 0.0149. The van der Waals surface area contributed by atoms with E-state index in [1.807, 2.05) is 0 Å². The minimum atomic E-state index is -0.676. The lowest BCUT2D eigenvalue weighted by Crippen LogP contribution is -2.42. The number of aromatic nitrogens is 1. The summed E-state index contributed by atoms with van der Waals surface area (Å²) in [6.07, 6.45) is 2.90. The standard InChI is InChI=1S/C19H20F2N2O3/c1-22-12-13(2-3-18(22)24)8-19(25)23-6-4-16(5-7-23)26-17-10-14(20)9-15(21)11-17/h2-3,9-12,16H,4-8H2,1H3. The molecule has 3 rings (SSSR count). The number of carbonyl (C=O) groups is 1. The summed E-state index contributed by atoms with van der Waals surface area (Å²) in [7, 11) is 1.65. The highest BCUT2D eigenvalue weighted by Gasteiger charge is 2.24. The predicted molar refractivity (Wildman–Crippen MR) is 92.0 cm³/mol. The lowest BCUT2D eigenvalue weighted by atomic mass is 10.1. The number of nitrogens with zero attached hydrogens (tertiary/aromatic N) is 2. The van der Waals surface area contributed by atoms with E-state index in [1.165, 1.54) is 10.6 Å². The molecule has 1 aliphatic heterocycles. The van der Waals surface area contributed by atoms with Crippen molar-refractivity contribution in [1.29, 1.82) is 0 Å². The third kappa shape index (κ3) is 4.47. The van der Waals surface area contributed by atoms with Crippen molar-refractivity contribution in [3.63, 3.8) is 0 Å². The van der Waals surface area contributed by atoms with E-state index in [1.54, 1.807) is 24.2 Å². The van der Waals surface area contributed by atoms with Crippen LogP contribution in [-0.2, 0) is 18.3 Å². The summed E-state index contributed by atoms with van der Waals surface area (Å²) in [5, 5.41) is 0. The van der Waals surface area contributed by atoms with E-state index in [2.05, 4.69) is 0 Å². The molecule has 0 aliphatic carbocycles. The van der Waals surface area contributed by atoms with Crippen LogP contribution in [0, 0.1) is 11.6 Å². The number of benzene rings is 1. The van der Waals surface area contributed by atoms with Crippen LogP contribution < -0.4 is 10.3 Å². The van der Waals surface area contributed by atoms with Crippen molar-refractivity contribution >= 4 is 5.91 Å². The van der Waals surface area contributed by atoms with Crippen molar-refractivity contribution in [2.45, 2.75) is 25.4 Å². The van der Waals surface area contributed by atoms with Crippen molar-refractivity contribution in [1.82, 2.24) is 9.47 Å². The second-order valence-electron chi connectivity index (χ2n) is 6.47. The Morgan fingerprint density at radius 3 is 2.42 bits per heavy atom. The van der Waals surface area contributed by atoms with Gasteiger partial charge in [0.2, 0.25) is 11.5 Å². The highest BCUT2D eigenvalue weighted by atomic mass is 19.1. The van der Waals surface area contributed by atoms with Crippen molar-refractivity contribution in [2.75, 3.05) is 13.1 Å². The Labute approximate surface area is 149 Å². The van der Waals surface area contributed by atoms with Crippen molar-refractivity contribution in [3.8, 4) is 5.75 Å². The van der Waals surface area contributed by atoms with Gasteiger partial charge in [-0.15, -0.1) is 0 Å². The molecular formula is C19H20F2N2O3. The number of hydrogen-bond donors (Lipinski definition) is 0. The van der Waals surface area contributed by atoms with Gasteiger partial charge >= 0.3 is 0 Å². The molecule has 1 aromatic heterocycles. The van der Waals surface area contributed by atoms with E-state index in [0.29, 0.717) is 25.9 Å². The molecule has 7 heteroatoms. The van der Waals surface area contributed by atoms with Gasteiger partial charge in [-0.3, -0.25) is 9.59 Å². The lowest BCUT2D eigenvalue weighted by Gasteiger charge is -2.32. The van der Waals surface area contributed by atoms with Crippen molar-refractivity contribution in [3.05, 3.63) is 64.1 Å². The maximum absolute atomic E-state index is 13.2. The average molecular weight is 362 g/mol. The van der Waals surface area contributed by atoms with E-state index < -0.39 is 11.6 Å². The molecule has 0 unspecified atom stereocenters. The summed E-state index contributed by atoms with van der Waals surface area (Å²) in [5.41, 5.74) is 0.665. The Kier molecular flexibility index (Phi) is 5.35. The summed E-state index contributed by atoms with van der Waals surface area (Å²) in [6, 6.07) is 6.21. The summed E-state index contributed by atoms with van der Waals surface area (Å²) in [5.74, 6) is -1.20. The highest BCUT2D eigenvalue weighted by Crippen LogP contribution is 2.21.